The number of rotatable bonds is 4. The van der Waals surface area contributed by atoms with Gasteiger partial charge in [0.1, 0.15) is 11.8 Å². The number of hydrogen-bond acceptors (Lipinski definition) is 4. The number of hydrogen-bond donors (Lipinski definition) is 1. The highest BCUT2D eigenvalue weighted by molar-refractivity contribution is 5.76. The molecule has 0 aliphatic rings. The lowest BCUT2D eigenvalue weighted by molar-refractivity contribution is -0.139. The fourth-order valence-corrected chi connectivity index (χ4v) is 1.34. The summed E-state index contributed by atoms with van der Waals surface area (Å²) in [7, 11) is 0. The van der Waals surface area contributed by atoms with Crippen LogP contribution in [0.4, 0.5) is 0 Å². The average molecular weight is 218 g/mol. The maximum Gasteiger partial charge on any atom is 0.316 e. The molecule has 4 nitrogen and oxygen atoms in total. The van der Waals surface area contributed by atoms with Crippen LogP contribution in [0.2, 0.25) is 0 Å². The molecule has 16 heavy (non-hydrogen) atoms. The first kappa shape index (κ1) is 12.2. The predicted molar refractivity (Wildman–Crippen MR) is 59.4 cm³/mol. The van der Waals surface area contributed by atoms with Crippen LogP contribution in [0, 0.1) is 17.2 Å². The van der Waals surface area contributed by atoms with Crippen molar-refractivity contribution in [2.45, 2.75) is 19.4 Å². The van der Waals surface area contributed by atoms with Gasteiger partial charge < -0.3 is 10.5 Å². The summed E-state index contributed by atoms with van der Waals surface area (Å²) in [5.41, 5.74) is 5.52. The van der Waals surface area contributed by atoms with E-state index in [0.717, 1.165) is 0 Å². The molecular weight excluding hydrogens is 204 g/mol. The van der Waals surface area contributed by atoms with E-state index >= 15 is 0 Å². The van der Waals surface area contributed by atoms with Crippen LogP contribution in [0.5, 0.6) is 5.75 Å². The van der Waals surface area contributed by atoms with Crippen LogP contribution < -0.4 is 10.5 Å². The third-order valence-corrected chi connectivity index (χ3v) is 2.29. The standard InChI is InChI=1S/C12H14N2O2/c1-2-10(11(14)8-13)12(15)16-9-6-4-3-5-7-9/h3-7,10-11H,2,14H2,1H3. The molecule has 1 aromatic carbocycles. The molecule has 2 atom stereocenters. The van der Waals surface area contributed by atoms with Crippen molar-refractivity contribution < 1.29 is 9.53 Å². The lowest BCUT2D eigenvalue weighted by atomic mass is 9.99. The van der Waals surface area contributed by atoms with E-state index in [1.54, 1.807) is 31.2 Å². The molecule has 84 valence electrons. The third kappa shape index (κ3) is 3.07. The Morgan fingerprint density at radius 1 is 1.50 bits per heavy atom. The molecule has 0 aliphatic heterocycles. The van der Waals surface area contributed by atoms with Gasteiger partial charge in [-0.05, 0) is 18.6 Å². The predicted octanol–water partition coefficient (Wildman–Crippen LogP) is 1.47. The van der Waals surface area contributed by atoms with Crippen LogP contribution in [-0.2, 0) is 4.79 Å². The Kier molecular flexibility index (Phi) is 4.49. The number of nitriles is 1. The van der Waals surface area contributed by atoms with Crippen molar-refractivity contribution >= 4 is 5.97 Å². The van der Waals surface area contributed by atoms with Crippen molar-refractivity contribution in [3.63, 3.8) is 0 Å². The molecule has 0 aliphatic carbocycles. The molecule has 1 rings (SSSR count). The Hall–Kier alpha value is -1.86. The van der Waals surface area contributed by atoms with Gasteiger partial charge >= 0.3 is 5.97 Å². The number of carbonyl (C=O) groups is 1. The normalized spacial score (nSPS) is 13.6. The van der Waals surface area contributed by atoms with Crippen molar-refractivity contribution in [1.29, 1.82) is 5.26 Å². The van der Waals surface area contributed by atoms with Crippen LogP contribution in [0.15, 0.2) is 30.3 Å². The molecule has 0 heterocycles. The fraction of sp³-hybridized carbons (Fsp3) is 0.333. The van der Waals surface area contributed by atoms with Gasteiger partial charge in [-0.2, -0.15) is 5.26 Å². The van der Waals surface area contributed by atoms with E-state index in [0.29, 0.717) is 12.2 Å². The van der Waals surface area contributed by atoms with Gasteiger partial charge in [-0.3, -0.25) is 4.79 Å². The smallest absolute Gasteiger partial charge is 0.316 e. The molecule has 0 saturated heterocycles. The van der Waals surface area contributed by atoms with Crippen molar-refractivity contribution in [1.82, 2.24) is 0 Å². The molecule has 0 aromatic heterocycles. The van der Waals surface area contributed by atoms with Crippen LogP contribution in [0.1, 0.15) is 13.3 Å². The highest BCUT2D eigenvalue weighted by Gasteiger charge is 2.25. The summed E-state index contributed by atoms with van der Waals surface area (Å²) in [5, 5.41) is 8.67. The Balaban J connectivity index is 2.68. The zero-order valence-corrected chi connectivity index (χ0v) is 9.09. The van der Waals surface area contributed by atoms with Crippen molar-refractivity contribution in [2.24, 2.45) is 11.7 Å². The first-order chi connectivity index (χ1) is 7.69. The maximum atomic E-state index is 11.7. The highest BCUT2D eigenvalue weighted by Crippen LogP contribution is 2.14. The van der Waals surface area contributed by atoms with Crippen molar-refractivity contribution in [3.8, 4) is 11.8 Å². The lowest BCUT2D eigenvalue weighted by Crippen LogP contribution is -2.36. The zero-order valence-electron chi connectivity index (χ0n) is 9.09. The molecule has 2 unspecified atom stereocenters. The number of esters is 1. The molecule has 0 radical (unpaired) electrons. The molecule has 4 heteroatoms. The minimum absolute atomic E-state index is 0.456. The van der Waals surface area contributed by atoms with E-state index in [1.807, 2.05) is 12.1 Å². The second-order valence-electron chi connectivity index (χ2n) is 3.40. The summed E-state index contributed by atoms with van der Waals surface area (Å²) in [6.45, 7) is 1.80. The lowest BCUT2D eigenvalue weighted by Gasteiger charge is -2.15. The van der Waals surface area contributed by atoms with Crippen LogP contribution in [0.25, 0.3) is 0 Å². The minimum atomic E-state index is -0.818. The van der Waals surface area contributed by atoms with Gasteiger partial charge in [-0.25, -0.2) is 0 Å². The molecule has 0 spiro atoms. The van der Waals surface area contributed by atoms with Gasteiger partial charge in [-0.15, -0.1) is 0 Å². The highest BCUT2D eigenvalue weighted by atomic mass is 16.5. The topological polar surface area (TPSA) is 76.1 Å². The van der Waals surface area contributed by atoms with Gasteiger partial charge in [0.05, 0.1) is 12.0 Å². The van der Waals surface area contributed by atoms with Crippen LogP contribution in [-0.4, -0.2) is 12.0 Å². The average Bonchev–Trinajstić information content (AvgIpc) is 2.31. The molecule has 0 amide bonds. The van der Waals surface area contributed by atoms with Crippen molar-refractivity contribution in [2.75, 3.05) is 0 Å². The summed E-state index contributed by atoms with van der Waals surface area (Å²) in [5.74, 6) is -0.566. The molecule has 0 bridgehead atoms. The molecule has 2 N–H and O–H groups in total. The van der Waals surface area contributed by atoms with Gasteiger partial charge in [0, 0.05) is 0 Å². The maximum absolute atomic E-state index is 11.7. The van der Waals surface area contributed by atoms with E-state index in [-0.39, 0.29) is 0 Å². The Labute approximate surface area is 94.6 Å². The Morgan fingerprint density at radius 3 is 2.62 bits per heavy atom. The summed E-state index contributed by atoms with van der Waals surface area (Å²) in [6, 6.07) is 9.78. The number of carbonyl (C=O) groups excluding carboxylic acids is 1. The fourth-order valence-electron chi connectivity index (χ4n) is 1.34. The quantitative estimate of drug-likeness (QED) is 0.613. The van der Waals surface area contributed by atoms with Crippen LogP contribution in [0.3, 0.4) is 0 Å². The summed E-state index contributed by atoms with van der Waals surface area (Å²) < 4.78 is 5.12. The second-order valence-corrected chi connectivity index (χ2v) is 3.40. The van der Waals surface area contributed by atoms with E-state index in [9.17, 15) is 4.79 Å². The van der Waals surface area contributed by atoms with Crippen molar-refractivity contribution in [3.05, 3.63) is 30.3 Å². The minimum Gasteiger partial charge on any atom is -0.426 e. The zero-order chi connectivity index (χ0) is 12.0. The monoisotopic (exact) mass is 218 g/mol. The Bertz CT molecular complexity index is 384. The van der Waals surface area contributed by atoms with Gasteiger partial charge in [-0.1, -0.05) is 25.1 Å². The summed E-state index contributed by atoms with van der Waals surface area (Å²) in [6.07, 6.45) is 0.487. The number of nitrogens with zero attached hydrogens (tertiary/aromatic N) is 1. The first-order valence-corrected chi connectivity index (χ1v) is 5.11. The van der Waals surface area contributed by atoms with Gasteiger partial charge in [0.25, 0.3) is 0 Å². The molecule has 0 fully saturated rings. The number of benzene rings is 1. The van der Waals surface area contributed by atoms with E-state index < -0.39 is 17.9 Å². The summed E-state index contributed by atoms with van der Waals surface area (Å²) in [4.78, 5) is 11.7. The molecule has 1 aromatic rings. The second kappa shape index (κ2) is 5.89. The van der Waals surface area contributed by atoms with Gasteiger partial charge in [0.15, 0.2) is 0 Å². The molecule has 0 saturated carbocycles. The summed E-state index contributed by atoms with van der Waals surface area (Å²) >= 11 is 0. The number of para-hydroxylation sites is 1. The van der Waals surface area contributed by atoms with E-state index in [1.165, 1.54) is 0 Å². The third-order valence-electron chi connectivity index (χ3n) is 2.29. The van der Waals surface area contributed by atoms with E-state index in [2.05, 4.69) is 0 Å². The molecular formula is C12H14N2O2. The van der Waals surface area contributed by atoms with Crippen LogP contribution >= 0.6 is 0 Å². The first-order valence-electron chi connectivity index (χ1n) is 5.11. The van der Waals surface area contributed by atoms with Gasteiger partial charge in [0.2, 0.25) is 0 Å². The number of ether oxygens (including phenoxy) is 1. The Morgan fingerprint density at radius 2 is 2.12 bits per heavy atom. The number of nitrogens with two attached hydrogens (primary N) is 1. The largest absolute Gasteiger partial charge is 0.426 e. The SMILES string of the molecule is CCC(C(=O)Oc1ccccc1)C(N)C#N. The van der Waals surface area contributed by atoms with E-state index in [4.69, 9.17) is 15.7 Å².